The molecule has 0 aliphatic rings. The summed E-state index contributed by atoms with van der Waals surface area (Å²) in [5.74, 6) is -1.47. The van der Waals surface area contributed by atoms with Crippen molar-refractivity contribution in [1.82, 2.24) is 20.2 Å². The molecule has 9 nitrogen and oxygen atoms in total. The molecule has 0 aliphatic carbocycles. The predicted molar refractivity (Wildman–Crippen MR) is 96.6 cm³/mol. The van der Waals surface area contributed by atoms with Gasteiger partial charge in [0.05, 0.1) is 22.1 Å². The molecule has 0 spiro atoms. The second kappa shape index (κ2) is 8.10. The quantitative estimate of drug-likeness (QED) is 0.378. The fourth-order valence-corrected chi connectivity index (χ4v) is 2.87. The molecule has 0 aliphatic heterocycles. The SMILES string of the molecule is O=C(CSc1nnnn1-c1ccc(Cl)cc1)Nc1cc([N+](=O)[O-])ccc1F. The van der Waals surface area contributed by atoms with Crippen LogP contribution >= 0.6 is 23.4 Å². The van der Waals surface area contributed by atoms with Crippen LogP contribution in [0.5, 0.6) is 0 Å². The smallest absolute Gasteiger partial charge is 0.271 e. The Bertz CT molecular complexity index is 997. The molecule has 0 saturated carbocycles. The first kappa shape index (κ1) is 18.7. The number of hydrogen-bond donors (Lipinski definition) is 1. The summed E-state index contributed by atoms with van der Waals surface area (Å²) in [6, 6.07) is 9.65. The van der Waals surface area contributed by atoms with E-state index >= 15 is 0 Å². The number of nitro benzene ring substituents is 1. The number of rotatable bonds is 6. The maximum absolute atomic E-state index is 13.7. The van der Waals surface area contributed by atoms with E-state index in [0.29, 0.717) is 15.9 Å². The number of hydrogen-bond acceptors (Lipinski definition) is 7. The van der Waals surface area contributed by atoms with Crippen LogP contribution in [0.3, 0.4) is 0 Å². The minimum atomic E-state index is -0.773. The van der Waals surface area contributed by atoms with E-state index in [1.165, 1.54) is 4.68 Å². The average molecular weight is 409 g/mol. The van der Waals surface area contributed by atoms with Crippen molar-refractivity contribution in [2.75, 3.05) is 11.1 Å². The summed E-state index contributed by atoms with van der Waals surface area (Å²) in [6.07, 6.45) is 0. The van der Waals surface area contributed by atoms with Crippen LogP contribution in [-0.4, -0.2) is 36.8 Å². The van der Waals surface area contributed by atoms with E-state index in [-0.39, 0.29) is 17.1 Å². The number of nitro groups is 1. The second-order valence-corrected chi connectivity index (χ2v) is 6.49. The Morgan fingerprint density at radius 3 is 2.74 bits per heavy atom. The third kappa shape index (κ3) is 4.57. The van der Waals surface area contributed by atoms with Gasteiger partial charge in [-0.2, -0.15) is 4.68 Å². The number of non-ortho nitro benzene ring substituents is 1. The Morgan fingerprint density at radius 2 is 2.04 bits per heavy atom. The first-order valence-electron chi connectivity index (χ1n) is 7.35. The van der Waals surface area contributed by atoms with Crippen molar-refractivity contribution in [3.8, 4) is 5.69 Å². The van der Waals surface area contributed by atoms with E-state index in [9.17, 15) is 19.3 Å². The van der Waals surface area contributed by atoms with Crippen molar-refractivity contribution in [3.63, 3.8) is 0 Å². The maximum Gasteiger partial charge on any atom is 0.271 e. The number of anilines is 1. The molecule has 2 aromatic carbocycles. The van der Waals surface area contributed by atoms with Crippen LogP contribution < -0.4 is 5.32 Å². The van der Waals surface area contributed by atoms with E-state index in [1.54, 1.807) is 24.3 Å². The van der Waals surface area contributed by atoms with E-state index in [0.717, 1.165) is 30.0 Å². The Morgan fingerprint density at radius 1 is 1.30 bits per heavy atom. The highest BCUT2D eigenvalue weighted by molar-refractivity contribution is 7.99. The van der Waals surface area contributed by atoms with Crippen LogP contribution in [-0.2, 0) is 4.79 Å². The van der Waals surface area contributed by atoms with Gasteiger partial charge >= 0.3 is 0 Å². The third-order valence-corrected chi connectivity index (χ3v) is 4.45. The number of amides is 1. The zero-order valence-corrected chi connectivity index (χ0v) is 14.9. The predicted octanol–water partition coefficient (Wildman–Crippen LogP) is 3.09. The third-order valence-electron chi connectivity index (χ3n) is 3.28. The van der Waals surface area contributed by atoms with Crippen LogP contribution in [0.2, 0.25) is 5.02 Å². The number of nitrogens with zero attached hydrogens (tertiary/aromatic N) is 5. The number of nitrogens with one attached hydrogen (secondary N) is 1. The van der Waals surface area contributed by atoms with Gasteiger partial charge in [-0.15, -0.1) is 5.10 Å². The summed E-state index contributed by atoms with van der Waals surface area (Å²) in [7, 11) is 0. The molecule has 0 bridgehead atoms. The van der Waals surface area contributed by atoms with Crippen LogP contribution in [0, 0.1) is 15.9 Å². The maximum atomic E-state index is 13.7. The van der Waals surface area contributed by atoms with Gasteiger partial charge in [0, 0.05) is 17.2 Å². The molecule has 0 radical (unpaired) electrons. The zero-order valence-electron chi connectivity index (χ0n) is 13.4. The molecule has 3 rings (SSSR count). The summed E-state index contributed by atoms with van der Waals surface area (Å²) in [4.78, 5) is 22.2. The van der Waals surface area contributed by atoms with E-state index in [2.05, 4.69) is 20.8 Å². The minimum Gasteiger partial charge on any atom is -0.323 e. The van der Waals surface area contributed by atoms with Gasteiger partial charge in [0.2, 0.25) is 11.1 Å². The number of aromatic nitrogens is 4. The van der Waals surface area contributed by atoms with Crippen molar-refractivity contribution in [3.05, 3.63) is 63.4 Å². The Hall–Kier alpha value is -3.05. The summed E-state index contributed by atoms with van der Waals surface area (Å²) in [6.45, 7) is 0. The lowest BCUT2D eigenvalue weighted by Crippen LogP contribution is -2.15. The molecule has 1 amide bonds. The van der Waals surface area contributed by atoms with Crippen LogP contribution in [0.1, 0.15) is 0 Å². The second-order valence-electron chi connectivity index (χ2n) is 5.11. The number of benzene rings is 2. The van der Waals surface area contributed by atoms with Gasteiger partial charge in [-0.05, 0) is 40.8 Å². The summed E-state index contributed by atoms with van der Waals surface area (Å²) in [5, 5.41) is 25.2. The number of carbonyl (C=O) groups excluding carboxylic acids is 1. The highest BCUT2D eigenvalue weighted by Crippen LogP contribution is 2.23. The molecule has 0 unspecified atom stereocenters. The molecule has 1 aromatic heterocycles. The standard InChI is InChI=1S/C15H10ClFN6O3S/c16-9-1-3-10(4-2-9)22-15(19-20-21-22)27-8-14(24)18-13-7-11(23(25)26)5-6-12(13)17/h1-7H,8H2,(H,18,24). The van der Waals surface area contributed by atoms with Gasteiger partial charge in [0.25, 0.3) is 5.69 Å². The van der Waals surface area contributed by atoms with Crippen molar-refractivity contribution in [2.45, 2.75) is 5.16 Å². The molecule has 0 atom stereocenters. The number of tetrazole rings is 1. The lowest BCUT2D eigenvalue weighted by atomic mass is 10.2. The molecule has 138 valence electrons. The van der Waals surface area contributed by atoms with E-state index < -0.39 is 16.6 Å². The highest BCUT2D eigenvalue weighted by Gasteiger charge is 2.15. The molecular weight excluding hydrogens is 399 g/mol. The van der Waals surface area contributed by atoms with Crippen molar-refractivity contribution < 1.29 is 14.1 Å². The summed E-state index contributed by atoms with van der Waals surface area (Å²) >= 11 is 6.87. The fourth-order valence-electron chi connectivity index (χ4n) is 2.05. The topological polar surface area (TPSA) is 116 Å². The van der Waals surface area contributed by atoms with Gasteiger partial charge in [-0.3, -0.25) is 14.9 Å². The lowest BCUT2D eigenvalue weighted by molar-refractivity contribution is -0.384. The monoisotopic (exact) mass is 408 g/mol. The van der Waals surface area contributed by atoms with Crippen LogP contribution in [0.25, 0.3) is 5.69 Å². The minimum absolute atomic E-state index is 0.129. The first-order chi connectivity index (χ1) is 12.9. The van der Waals surface area contributed by atoms with Gasteiger partial charge < -0.3 is 5.32 Å². The lowest BCUT2D eigenvalue weighted by Gasteiger charge is -2.07. The Balaban J connectivity index is 1.67. The molecule has 0 saturated heterocycles. The van der Waals surface area contributed by atoms with Gasteiger partial charge in [-0.25, -0.2) is 4.39 Å². The average Bonchev–Trinajstić information content (AvgIpc) is 3.11. The van der Waals surface area contributed by atoms with Crippen molar-refractivity contribution in [2.24, 2.45) is 0 Å². The number of halogens is 2. The fraction of sp³-hybridized carbons (Fsp3) is 0.0667. The molecular formula is C15H10ClFN6O3S. The molecule has 27 heavy (non-hydrogen) atoms. The van der Waals surface area contributed by atoms with Gasteiger partial charge in [0.15, 0.2) is 0 Å². The Labute approximate surface area is 160 Å². The normalized spacial score (nSPS) is 10.6. The summed E-state index contributed by atoms with van der Waals surface area (Å²) in [5.41, 5.74) is 0.0511. The summed E-state index contributed by atoms with van der Waals surface area (Å²) < 4.78 is 15.2. The van der Waals surface area contributed by atoms with E-state index in [4.69, 9.17) is 11.6 Å². The molecule has 1 N–H and O–H groups in total. The largest absolute Gasteiger partial charge is 0.323 e. The van der Waals surface area contributed by atoms with Crippen molar-refractivity contribution >= 4 is 40.6 Å². The number of thioether (sulfide) groups is 1. The highest BCUT2D eigenvalue weighted by atomic mass is 35.5. The van der Waals surface area contributed by atoms with Crippen LogP contribution in [0.4, 0.5) is 15.8 Å². The number of carbonyl (C=O) groups is 1. The molecule has 1 heterocycles. The van der Waals surface area contributed by atoms with Gasteiger partial charge in [-0.1, -0.05) is 23.4 Å². The van der Waals surface area contributed by atoms with E-state index in [1.807, 2.05) is 0 Å². The zero-order chi connectivity index (χ0) is 19.4. The van der Waals surface area contributed by atoms with Crippen molar-refractivity contribution in [1.29, 1.82) is 0 Å². The Kier molecular flexibility index (Phi) is 5.62. The molecule has 0 fully saturated rings. The molecule has 12 heteroatoms. The first-order valence-corrected chi connectivity index (χ1v) is 8.71. The van der Waals surface area contributed by atoms with Crippen LogP contribution in [0.15, 0.2) is 47.6 Å². The molecule has 3 aromatic rings. The van der Waals surface area contributed by atoms with Gasteiger partial charge in [0.1, 0.15) is 5.82 Å².